The van der Waals surface area contributed by atoms with Crippen LogP contribution in [0, 0.1) is 0 Å². The van der Waals surface area contributed by atoms with Crippen molar-refractivity contribution in [3.8, 4) is 0 Å². The van der Waals surface area contributed by atoms with Gasteiger partial charge < -0.3 is 5.11 Å². The van der Waals surface area contributed by atoms with E-state index >= 15 is 0 Å². The first kappa shape index (κ1) is 16.0. The van der Waals surface area contributed by atoms with Gasteiger partial charge in [0.25, 0.3) is 0 Å². The van der Waals surface area contributed by atoms with Crippen molar-refractivity contribution in [3.05, 3.63) is 17.5 Å². The first-order valence-electron chi connectivity index (χ1n) is 6.99. The number of aliphatic carboxylic acids is 1. The van der Waals surface area contributed by atoms with E-state index in [2.05, 4.69) is 5.10 Å². The van der Waals surface area contributed by atoms with Gasteiger partial charge in [-0.25, -0.2) is 8.42 Å². The minimum absolute atomic E-state index is 0.0404. The minimum atomic E-state index is -3.04. The normalized spacial score (nSPS) is 21.0. The number of rotatable bonds is 6. The van der Waals surface area contributed by atoms with Crippen LogP contribution in [0.2, 0.25) is 0 Å². The van der Waals surface area contributed by atoms with Crippen molar-refractivity contribution in [2.24, 2.45) is 7.05 Å². The Morgan fingerprint density at radius 2 is 2.29 bits per heavy atom. The van der Waals surface area contributed by atoms with Crippen LogP contribution in [-0.2, 0) is 34.6 Å². The Morgan fingerprint density at radius 3 is 2.76 bits per heavy atom. The third-order valence-corrected chi connectivity index (χ3v) is 5.57. The lowest BCUT2D eigenvalue weighted by Crippen LogP contribution is -2.39. The molecular formula is C13H21N3O4S. The van der Waals surface area contributed by atoms with Gasteiger partial charge in [0.1, 0.15) is 0 Å². The molecule has 2 heterocycles. The predicted octanol–water partition coefficient (Wildman–Crippen LogP) is 0.0562. The van der Waals surface area contributed by atoms with Crippen LogP contribution >= 0.6 is 0 Å². The number of aryl methyl sites for hydroxylation is 2. The zero-order valence-electron chi connectivity index (χ0n) is 12.3. The Hall–Kier alpha value is -1.41. The summed E-state index contributed by atoms with van der Waals surface area (Å²) in [6, 6.07) is 1.71. The van der Waals surface area contributed by atoms with E-state index in [-0.39, 0.29) is 24.1 Å². The van der Waals surface area contributed by atoms with Gasteiger partial charge in [-0.05, 0) is 18.9 Å². The monoisotopic (exact) mass is 315 g/mol. The number of carboxylic acid groups (broad SMARTS) is 1. The molecule has 2 rings (SSSR count). The Balaban J connectivity index is 2.16. The molecule has 0 aromatic carbocycles. The average Bonchev–Trinajstić information content (AvgIpc) is 2.91. The van der Waals surface area contributed by atoms with E-state index in [4.69, 9.17) is 5.11 Å². The molecule has 0 aliphatic carbocycles. The summed E-state index contributed by atoms with van der Waals surface area (Å²) in [6.45, 7) is 2.24. The van der Waals surface area contributed by atoms with E-state index in [1.54, 1.807) is 9.58 Å². The fourth-order valence-electron chi connectivity index (χ4n) is 2.65. The number of carboxylic acids is 1. The Bertz CT molecular complexity index is 623. The van der Waals surface area contributed by atoms with E-state index in [0.717, 1.165) is 17.8 Å². The van der Waals surface area contributed by atoms with E-state index in [9.17, 15) is 13.2 Å². The number of nitrogens with zero attached hydrogens (tertiary/aromatic N) is 3. The number of hydrogen-bond acceptors (Lipinski definition) is 5. The highest BCUT2D eigenvalue weighted by atomic mass is 32.2. The highest BCUT2D eigenvalue weighted by molar-refractivity contribution is 7.91. The maximum atomic E-state index is 11.6. The second-order valence-corrected chi connectivity index (χ2v) is 7.69. The van der Waals surface area contributed by atoms with Gasteiger partial charge in [0.15, 0.2) is 9.84 Å². The first-order valence-corrected chi connectivity index (χ1v) is 8.81. The standard InChI is InChI=1S/C13H21N3O4S/c1-3-10-6-12(15(2)14-10)7-16(8-13(17)18)11-4-5-21(19,20)9-11/h6,11H,3-5,7-9H2,1-2H3,(H,17,18). The molecule has 118 valence electrons. The summed E-state index contributed by atoms with van der Waals surface area (Å²) in [7, 11) is -1.22. The molecule has 1 aromatic heterocycles. The molecule has 7 nitrogen and oxygen atoms in total. The maximum Gasteiger partial charge on any atom is 0.317 e. The van der Waals surface area contributed by atoms with Gasteiger partial charge in [-0.3, -0.25) is 14.4 Å². The zero-order valence-corrected chi connectivity index (χ0v) is 13.1. The topological polar surface area (TPSA) is 92.5 Å². The lowest BCUT2D eigenvalue weighted by molar-refractivity contribution is -0.139. The number of carbonyl (C=O) groups is 1. The summed E-state index contributed by atoms with van der Waals surface area (Å²) >= 11 is 0. The molecule has 1 saturated heterocycles. The summed E-state index contributed by atoms with van der Waals surface area (Å²) in [4.78, 5) is 12.8. The summed E-state index contributed by atoms with van der Waals surface area (Å²) in [5.41, 5.74) is 1.85. The second kappa shape index (κ2) is 6.15. The highest BCUT2D eigenvalue weighted by Crippen LogP contribution is 2.20. The van der Waals surface area contributed by atoms with E-state index in [0.29, 0.717) is 13.0 Å². The van der Waals surface area contributed by atoms with Crippen LogP contribution in [0.3, 0.4) is 0 Å². The minimum Gasteiger partial charge on any atom is -0.480 e. The van der Waals surface area contributed by atoms with Crippen LogP contribution in [0.15, 0.2) is 6.07 Å². The van der Waals surface area contributed by atoms with Gasteiger partial charge in [0.2, 0.25) is 0 Å². The van der Waals surface area contributed by atoms with Gasteiger partial charge in [0.05, 0.1) is 29.4 Å². The lowest BCUT2D eigenvalue weighted by Gasteiger charge is -2.26. The van der Waals surface area contributed by atoms with Gasteiger partial charge in [0, 0.05) is 19.6 Å². The summed E-state index contributed by atoms with van der Waals surface area (Å²) in [5, 5.41) is 13.4. The van der Waals surface area contributed by atoms with E-state index in [1.165, 1.54) is 0 Å². The fraction of sp³-hybridized carbons (Fsp3) is 0.692. The average molecular weight is 315 g/mol. The summed E-state index contributed by atoms with van der Waals surface area (Å²) < 4.78 is 25.0. The van der Waals surface area contributed by atoms with Crippen LogP contribution < -0.4 is 0 Å². The molecule has 21 heavy (non-hydrogen) atoms. The van der Waals surface area contributed by atoms with Gasteiger partial charge in [-0.2, -0.15) is 5.10 Å². The Kier molecular flexibility index (Phi) is 4.67. The predicted molar refractivity (Wildman–Crippen MR) is 77.7 cm³/mol. The second-order valence-electron chi connectivity index (χ2n) is 5.46. The van der Waals surface area contributed by atoms with Crippen molar-refractivity contribution in [2.45, 2.75) is 32.4 Å². The molecule has 0 amide bonds. The number of aromatic nitrogens is 2. The van der Waals surface area contributed by atoms with Crippen LogP contribution in [0.1, 0.15) is 24.7 Å². The molecule has 0 bridgehead atoms. The van der Waals surface area contributed by atoms with Crippen LogP contribution in [0.5, 0.6) is 0 Å². The maximum absolute atomic E-state index is 11.6. The van der Waals surface area contributed by atoms with Crippen molar-refractivity contribution in [1.29, 1.82) is 0 Å². The lowest BCUT2D eigenvalue weighted by atomic mass is 10.2. The molecule has 8 heteroatoms. The van der Waals surface area contributed by atoms with Crippen LogP contribution in [0.4, 0.5) is 0 Å². The molecule has 1 unspecified atom stereocenters. The van der Waals surface area contributed by atoms with Crippen LogP contribution in [-0.4, -0.2) is 58.3 Å². The van der Waals surface area contributed by atoms with Crippen molar-refractivity contribution in [1.82, 2.24) is 14.7 Å². The third kappa shape index (κ3) is 4.04. The molecule has 0 saturated carbocycles. The van der Waals surface area contributed by atoms with Gasteiger partial charge >= 0.3 is 5.97 Å². The quantitative estimate of drug-likeness (QED) is 0.798. The number of hydrogen-bond donors (Lipinski definition) is 1. The molecule has 1 aromatic rings. The van der Waals surface area contributed by atoms with Crippen molar-refractivity contribution in [2.75, 3.05) is 18.1 Å². The molecule has 0 spiro atoms. The van der Waals surface area contributed by atoms with Crippen molar-refractivity contribution in [3.63, 3.8) is 0 Å². The first-order chi connectivity index (χ1) is 9.80. The molecule has 1 aliphatic rings. The van der Waals surface area contributed by atoms with Gasteiger partial charge in [-0.15, -0.1) is 0 Å². The van der Waals surface area contributed by atoms with Crippen LogP contribution in [0.25, 0.3) is 0 Å². The largest absolute Gasteiger partial charge is 0.480 e. The van der Waals surface area contributed by atoms with E-state index in [1.807, 2.05) is 20.0 Å². The van der Waals surface area contributed by atoms with Crippen molar-refractivity contribution < 1.29 is 18.3 Å². The van der Waals surface area contributed by atoms with Crippen molar-refractivity contribution >= 4 is 15.8 Å². The van der Waals surface area contributed by atoms with E-state index < -0.39 is 15.8 Å². The number of sulfone groups is 1. The summed E-state index contributed by atoms with van der Waals surface area (Å²) in [5.74, 6) is -0.768. The Labute approximate surface area is 124 Å². The SMILES string of the molecule is CCc1cc(CN(CC(=O)O)C2CCS(=O)(=O)C2)n(C)n1. The molecule has 1 N–H and O–H groups in total. The molecule has 1 aliphatic heterocycles. The fourth-order valence-corrected chi connectivity index (χ4v) is 4.41. The third-order valence-electron chi connectivity index (χ3n) is 3.82. The molecule has 1 atom stereocenters. The zero-order chi connectivity index (χ0) is 15.6. The molecule has 0 radical (unpaired) electrons. The molecular weight excluding hydrogens is 294 g/mol. The highest BCUT2D eigenvalue weighted by Gasteiger charge is 2.33. The van der Waals surface area contributed by atoms with Gasteiger partial charge in [-0.1, -0.05) is 6.92 Å². The summed E-state index contributed by atoms with van der Waals surface area (Å²) in [6.07, 6.45) is 1.30. The Morgan fingerprint density at radius 1 is 1.57 bits per heavy atom. The smallest absolute Gasteiger partial charge is 0.317 e. The molecule has 1 fully saturated rings.